The number of hydrogen-bond acceptors (Lipinski definition) is 3. The number of rotatable bonds is 3. The van der Waals surface area contributed by atoms with Crippen LogP contribution in [0.4, 0.5) is 0 Å². The van der Waals surface area contributed by atoms with Crippen LogP contribution in [0.2, 0.25) is 0 Å². The highest BCUT2D eigenvalue weighted by Crippen LogP contribution is 2.32. The quantitative estimate of drug-likeness (QED) is 0.752. The standard InChI is InChI=1S/C13H25NO2/c14-11-13(7-3-1-2-4-8-13)16-12-6-5-9-15-10-12/h12H,1-11,14H2. The summed E-state index contributed by atoms with van der Waals surface area (Å²) in [4.78, 5) is 0. The molecule has 0 aromatic carbocycles. The van der Waals surface area contributed by atoms with E-state index < -0.39 is 0 Å². The normalized spacial score (nSPS) is 30.9. The molecule has 1 unspecified atom stereocenters. The lowest BCUT2D eigenvalue weighted by molar-refractivity contribution is -0.138. The Bertz CT molecular complexity index is 194. The zero-order chi connectivity index (χ0) is 11.3. The molecule has 2 rings (SSSR count). The van der Waals surface area contributed by atoms with Gasteiger partial charge in [-0.1, -0.05) is 25.7 Å². The molecule has 2 fully saturated rings. The first kappa shape index (κ1) is 12.3. The predicted octanol–water partition coefficient (Wildman–Crippen LogP) is 2.23. The monoisotopic (exact) mass is 227 g/mol. The summed E-state index contributed by atoms with van der Waals surface area (Å²) < 4.78 is 11.8. The molecule has 1 saturated heterocycles. The van der Waals surface area contributed by atoms with Crippen molar-refractivity contribution in [3.05, 3.63) is 0 Å². The zero-order valence-electron chi connectivity index (χ0n) is 10.2. The van der Waals surface area contributed by atoms with Crippen LogP contribution in [0.1, 0.15) is 51.4 Å². The second-order valence-corrected chi connectivity index (χ2v) is 5.26. The summed E-state index contributed by atoms with van der Waals surface area (Å²) in [5.74, 6) is 0. The van der Waals surface area contributed by atoms with Crippen molar-refractivity contribution in [3.8, 4) is 0 Å². The van der Waals surface area contributed by atoms with Gasteiger partial charge in [-0.25, -0.2) is 0 Å². The lowest BCUT2D eigenvalue weighted by atomic mass is 9.93. The molecule has 0 radical (unpaired) electrons. The minimum Gasteiger partial charge on any atom is -0.379 e. The van der Waals surface area contributed by atoms with E-state index in [0.29, 0.717) is 6.54 Å². The Balaban J connectivity index is 1.90. The Morgan fingerprint density at radius 3 is 2.44 bits per heavy atom. The van der Waals surface area contributed by atoms with Crippen LogP contribution in [0.25, 0.3) is 0 Å². The van der Waals surface area contributed by atoms with Gasteiger partial charge in [0.25, 0.3) is 0 Å². The highest BCUT2D eigenvalue weighted by Gasteiger charge is 2.33. The predicted molar refractivity (Wildman–Crippen MR) is 64.4 cm³/mol. The Morgan fingerprint density at radius 2 is 1.88 bits per heavy atom. The fourth-order valence-electron chi connectivity index (χ4n) is 2.90. The van der Waals surface area contributed by atoms with Crippen LogP contribution in [0.3, 0.4) is 0 Å². The van der Waals surface area contributed by atoms with Gasteiger partial charge in [-0.15, -0.1) is 0 Å². The summed E-state index contributed by atoms with van der Waals surface area (Å²) in [5.41, 5.74) is 5.92. The van der Waals surface area contributed by atoms with Crippen LogP contribution in [0.5, 0.6) is 0 Å². The fraction of sp³-hybridized carbons (Fsp3) is 1.00. The third kappa shape index (κ3) is 3.19. The molecule has 3 nitrogen and oxygen atoms in total. The van der Waals surface area contributed by atoms with E-state index in [9.17, 15) is 0 Å². The van der Waals surface area contributed by atoms with E-state index in [1.165, 1.54) is 25.7 Å². The molecule has 94 valence electrons. The second kappa shape index (κ2) is 5.99. The number of hydrogen-bond donors (Lipinski definition) is 1. The maximum Gasteiger partial charge on any atom is 0.0817 e. The topological polar surface area (TPSA) is 44.5 Å². The maximum atomic E-state index is 6.30. The molecule has 0 spiro atoms. The van der Waals surface area contributed by atoms with Crippen molar-refractivity contribution in [2.45, 2.75) is 63.1 Å². The van der Waals surface area contributed by atoms with Gasteiger partial charge in [0.2, 0.25) is 0 Å². The summed E-state index contributed by atoms with van der Waals surface area (Å²) >= 11 is 0. The van der Waals surface area contributed by atoms with Gasteiger partial charge in [0, 0.05) is 13.2 Å². The van der Waals surface area contributed by atoms with Gasteiger partial charge in [-0.2, -0.15) is 0 Å². The first-order chi connectivity index (χ1) is 7.85. The average Bonchev–Trinajstić information content (AvgIpc) is 2.57. The minimum absolute atomic E-state index is 0.0398. The fourth-order valence-corrected chi connectivity index (χ4v) is 2.90. The van der Waals surface area contributed by atoms with E-state index in [1.54, 1.807) is 0 Å². The van der Waals surface area contributed by atoms with Gasteiger partial charge in [0.1, 0.15) is 0 Å². The third-order valence-electron chi connectivity index (χ3n) is 3.92. The van der Waals surface area contributed by atoms with Crippen LogP contribution >= 0.6 is 0 Å². The molecule has 0 aromatic heterocycles. The average molecular weight is 227 g/mol. The molecule has 0 bridgehead atoms. The van der Waals surface area contributed by atoms with Crippen LogP contribution < -0.4 is 5.73 Å². The van der Waals surface area contributed by atoms with Crippen molar-refractivity contribution < 1.29 is 9.47 Å². The van der Waals surface area contributed by atoms with Crippen LogP contribution in [-0.4, -0.2) is 31.5 Å². The van der Waals surface area contributed by atoms with E-state index in [4.69, 9.17) is 15.2 Å². The molecule has 0 amide bonds. The van der Waals surface area contributed by atoms with Crippen molar-refractivity contribution in [3.63, 3.8) is 0 Å². The van der Waals surface area contributed by atoms with E-state index >= 15 is 0 Å². The van der Waals surface area contributed by atoms with E-state index in [0.717, 1.165) is 38.9 Å². The molecule has 1 saturated carbocycles. The van der Waals surface area contributed by atoms with Crippen LogP contribution in [0.15, 0.2) is 0 Å². The van der Waals surface area contributed by atoms with Crippen molar-refractivity contribution in [1.82, 2.24) is 0 Å². The Labute approximate surface area is 98.7 Å². The molecule has 3 heteroatoms. The molecule has 1 aliphatic heterocycles. The maximum absolute atomic E-state index is 6.30. The molecule has 16 heavy (non-hydrogen) atoms. The first-order valence-corrected chi connectivity index (χ1v) is 6.80. The largest absolute Gasteiger partial charge is 0.379 e. The lowest BCUT2D eigenvalue weighted by Crippen LogP contribution is -2.45. The Morgan fingerprint density at radius 1 is 1.12 bits per heavy atom. The minimum atomic E-state index is -0.0398. The summed E-state index contributed by atoms with van der Waals surface area (Å²) in [7, 11) is 0. The zero-order valence-corrected chi connectivity index (χ0v) is 10.2. The highest BCUT2D eigenvalue weighted by molar-refractivity contribution is 4.86. The molecule has 1 aliphatic carbocycles. The van der Waals surface area contributed by atoms with E-state index in [-0.39, 0.29) is 11.7 Å². The summed E-state index contributed by atoms with van der Waals surface area (Å²) in [6.07, 6.45) is 10.1. The molecule has 1 atom stereocenters. The SMILES string of the molecule is NCC1(OC2CCCOC2)CCCCCC1. The Kier molecular flexibility index (Phi) is 4.62. The van der Waals surface area contributed by atoms with Gasteiger partial charge in [-0.05, 0) is 25.7 Å². The van der Waals surface area contributed by atoms with Crippen molar-refractivity contribution in [2.75, 3.05) is 19.8 Å². The van der Waals surface area contributed by atoms with Gasteiger partial charge >= 0.3 is 0 Å². The van der Waals surface area contributed by atoms with Gasteiger partial charge in [0.05, 0.1) is 18.3 Å². The summed E-state index contributed by atoms with van der Waals surface area (Å²) in [5, 5.41) is 0. The molecule has 2 aliphatic rings. The van der Waals surface area contributed by atoms with Crippen molar-refractivity contribution in [2.24, 2.45) is 5.73 Å². The molecular formula is C13H25NO2. The van der Waals surface area contributed by atoms with E-state index in [1.807, 2.05) is 0 Å². The number of ether oxygens (including phenoxy) is 2. The van der Waals surface area contributed by atoms with Gasteiger partial charge < -0.3 is 15.2 Å². The molecule has 2 N–H and O–H groups in total. The van der Waals surface area contributed by atoms with Crippen molar-refractivity contribution in [1.29, 1.82) is 0 Å². The van der Waals surface area contributed by atoms with Gasteiger partial charge in [-0.3, -0.25) is 0 Å². The molecule has 0 aromatic rings. The smallest absolute Gasteiger partial charge is 0.0817 e. The van der Waals surface area contributed by atoms with Gasteiger partial charge in [0.15, 0.2) is 0 Å². The molecular weight excluding hydrogens is 202 g/mol. The lowest BCUT2D eigenvalue weighted by Gasteiger charge is -2.37. The molecule has 1 heterocycles. The van der Waals surface area contributed by atoms with E-state index in [2.05, 4.69) is 0 Å². The van der Waals surface area contributed by atoms with Crippen molar-refractivity contribution >= 4 is 0 Å². The Hall–Kier alpha value is -0.120. The first-order valence-electron chi connectivity index (χ1n) is 6.80. The highest BCUT2D eigenvalue weighted by atomic mass is 16.5. The van der Waals surface area contributed by atoms with Crippen LogP contribution in [0, 0.1) is 0 Å². The second-order valence-electron chi connectivity index (χ2n) is 5.26. The summed E-state index contributed by atoms with van der Waals surface area (Å²) in [6, 6.07) is 0. The number of nitrogens with two attached hydrogens (primary N) is 1. The van der Waals surface area contributed by atoms with Crippen LogP contribution in [-0.2, 0) is 9.47 Å². The third-order valence-corrected chi connectivity index (χ3v) is 3.92. The summed E-state index contributed by atoms with van der Waals surface area (Å²) in [6.45, 7) is 2.33.